The van der Waals surface area contributed by atoms with Gasteiger partial charge >= 0.3 is 0 Å². The molecule has 0 radical (unpaired) electrons. The average Bonchev–Trinajstić information content (AvgIpc) is 2.36. The smallest absolute Gasteiger partial charge is 0.259 e. The minimum Gasteiger partial charge on any atom is -0.493 e. The van der Waals surface area contributed by atoms with Crippen molar-refractivity contribution in [3.8, 4) is 11.5 Å². The molecule has 1 amide bonds. The molecule has 5 nitrogen and oxygen atoms in total. The van der Waals surface area contributed by atoms with E-state index in [0.717, 1.165) is 5.56 Å². The number of methoxy groups -OCH3 is 1. The van der Waals surface area contributed by atoms with Gasteiger partial charge in [0.05, 0.1) is 12.1 Å². The van der Waals surface area contributed by atoms with Crippen LogP contribution in [0.2, 0.25) is 5.02 Å². The molecule has 0 bridgehead atoms. The first-order valence-corrected chi connectivity index (χ1v) is 6.26. The lowest BCUT2D eigenvalue weighted by Gasteiger charge is -2.15. The van der Waals surface area contributed by atoms with E-state index < -0.39 is 0 Å². The maximum atomic E-state index is 11.5. The number of hydrogen-bond acceptors (Lipinski definition) is 4. The Morgan fingerprint density at radius 1 is 1.42 bits per heavy atom. The Bertz CT molecular complexity index is 450. The highest BCUT2D eigenvalue weighted by atomic mass is 35.5. The summed E-state index contributed by atoms with van der Waals surface area (Å²) in [5.74, 6) is 0.729. The zero-order chi connectivity index (χ0) is 14.4. The second-order valence-corrected chi connectivity index (χ2v) is 4.63. The number of ether oxygens (including phenoxy) is 2. The quantitative estimate of drug-likeness (QED) is 0.856. The van der Waals surface area contributed by atoms with E-state index in [9.17, 15) is 4.79 Å². The van der Waals surface area contributed by atoms with E-state index in [4.69, 9.17) is 26.8 Å². The fourth-order valence-electron chi connectivity index (χ4n) is 1.49. The van der Waals surface area contributed by atoms with Gasteiger partial charge in [-0.3, -0.25) is 4.79 Å². The lowest BCUT2D eigenvalue weighted by atomic mass is 10.1. The first kappa shape index (κ1) is 15.6. The standard InChI is InChI=1S/C13H19ClN2O3/c1-16(2)12(17)8-19-13-10(14)6-9(4-5-15)7-11(13)18-3/h6-7H,4-5,8,15H2,1-3H3. The van der Waals surface area contributed by atoms with Crippen molar-refractivity contribution in [1.82, 2.24) is 4.90 Å². The molecule has 0 atom stereocenters. The van der Waals surface area contributed by atoms with Crippen LogP contribution in [0.1, 0.15) is 5.56 Å². The number of hydrogen-bond donors (Lipinski definition) is 1. The molecule has 0 spiro atoms. The van der Waals surface area contributed by atoms with E-state index in [1.54, 1.807) is 20.2 Å². The van der Waals surface area contributed by atoms with Gasteiger partial charge in [0, 0.05) is 14.1 Å². The van der Waals surface area contributed by atoms with Gasteiger partial charge in [-0.05, 0) is 30.7 Å². The molecule has 0 saturated carbocycles. The number of carbonyl (C=O) groups excluding carboxylic acids is 1. The van der Waals surface area contributed by atoms with Gasteiger partial charge < -0.3 is 20.1 Å². The molecule has 0 aromatic heterocycles. The molecule has 106 valence electrons. The Labute approximate surface area is 118 Å². The van der Waals surface area contributed by atoms with Crippen molar-refractivity contribution in [3.05, 3.63) is 22.7 Å². The molecule has 1 aromatic rings. The minimum absolute atomic E-state index is 0.0840. The average molecular weight is 287 g/mol. The highest BCUT2D eigenvalue weighted by Crippen LogP contribution is 2.36. The fourth-order valence-corrected chi connectivity index (χ4v) is 1.78. The maximum Gasteiger partial charge on any atom is 0.259 e. The number of nitrogens with zero attached hydrogens (tertiary/aromatic N) is 1. The van der Waals surface area contributed by atoms with Crippen LogP contribution in [-0.4, -0.2) is 45.2 Å². The van der Waals surface area contributed by atoms with E-state index in [0.29, 0.717) is 29.5 Å². The predicted octanol–water partition coefficient (Wildman–Crippen LogP) is 1.32. The van der Waals surface area contributed by atoms with Gasteiger partial charge in [0.1, 0.15) is 0 Å². The molecule has 1 rings (SSSR count). The molecule has 0 unspecified atom stereocenters. The van der Waals surface area contributed by atoms with Gasteiger partial charge in [-0.1, -0.05) is 11.6 Å². The van der Waals surface area contributed by atoms with E-state index >= 15 is 0 Å². The van der Waals surface area contributed by atoms with Crippen molar-refractivity contribution >= 4 is 17.5 Å². The third-order valence-electron chi connectivity index (χ3n) is 2.56. The maximum absolute atomic E-state index is 11.5. The lowest BCUT2D eigenvalue weighted by molar-refractivity contribution is -0.130. The van der Waals surface area contributed by atoms with Gasteiger partial charge in [-0.2, -0.15) is 0 Å². The van der Waals surface area contributed by atoms with Crippen molar-refractivity contribution in [2.24, 2.45) is 5.73 Å². The van der Waals surface area contributed by atoms with Crippen LogP contribution >= 0.6 is 11.6 Å². The Morgan fingerprint density at radius 3 is 2.63 bits per heavy atom. The van der Waals surface area contributed by atoms with Crippen LogP contribution in [-0.2, 0) is 11.2 Å². The molecule has 0 aliphatic rings. The van der Waals surface area contributed by atoms with Crippen molar-refractivity contribution in [2.45, 2.75) is 6.42 Å². The molecule has 0 fully saturated rings. The third kappa shape index (κ3) is 4.29. The van der Waals surface area contributed by atoms with Crippen LogP contribution in [0.15, 0.2) is 12.1 Å². The molecule has 19 heavy (non-hydrogen) atoms. The summed E-state index contributed by atoms with van der Waals surface area (Å²) in [6.45, 7) is 0.443. The second-order valence-electron chi connectivity index (χ2n) is 4.22. The summed E-state index contributed by atoms with van der Waals surface area (Å²) >= 11 is 6.14. The lowest BCUT2D eigenvalue weighted by Crippen LogP contribution is -2.27. The van der Waals surface area contributed by atoms with Crippen LogP contribution in [0.25, 0.3) is 0 Å². The number of carbonyl (C=O) groups is 1. The normalized spacial score (nSPS) is 10.2. The third-order valence-corrected chi connectivity index (χ3v) is 2.84. The summed E-state index contributed by atoms with van der Waals surface area (Å²) < 4.78 is 10.7. The molecule has 0 aliphatic heterocycles. The Balaban J connectivity index is 2.90. The van der Waals surface area contributed by atoms with Crippen LogP contribution in [0.3, 0.4) is 0 Å². The van der Waals surface area contributed by atoms with Crippen LogP contribution in [0, 0.1) is 0 Å². The highest BCUT2D eigenvalue weighted by Gasteiger charge is 2.14. The molecular formula is C13H19ClN2O3. The van der Waals surface area contributed by atoms with Gasteiger partial charge in [0.25, 0.3) is 5.91 Å². The number of benzene rings is 1. The Hall–Kier alpha value is -1.46. The first-order valence-electron chi connectivity index (χ1n) is 5.89. The van der Waals surface area contributed by atoms with Gasteiger partial charge in [-0.15, -0.1) is 0 Å². The fraction of sp³-hybridized carbons (Fsp3) is 0.462. The number of rotatable bonds is 6. The number of halogens is 1. The molecular weight excluding hydrogens is 268 g/mol. The Kier molecular flexibility index (Phi) is 5.92. The van der Waals surface area contributed by atoms with Crippen molar-refractivity contribution in [3.63, 3.8) is 0 Å². The summed E-state index contributed by atoms with van der Waals surface area (Å²) in [6, 6.07) is 3.58. The Morgan fingerprint density at radius 2 is 2.11 bits per heavy atom. The zero-order valence-corrected chi connectivity index (χ0v) is 12.2. The highest BCUT2D eigenvalue weighted by molar-refractivity contribution is 6.32. The van der Waals surface area contributed by atoms with Gasteiger partial charge in [0.15, 0.2) is 18.1 Å². The van der Waals surface area contributed by atoms with Gasteiger partial charge in [-0.25, -0.2) is 0 Å². The molecule has 6 heteroatoms. The second kappa shape index (κ2) is 7.21. The topological polar surface area (TPSA) is 64.8 Å². The van der Waals surface area contributed by atoms with Crippen molar-refractivity contribution in [1.29, 1.82) is 0 Å². The summed E-state index contributed by atoms with van der Waals surface area (Å²) in [5.41, 5.74) is 6.47. The van der Waals surface area contributed by atoms with Gasteiger partial charge in [0.2, 0.25) is 0 Å². The summed E-state index contributed by atoms with van der Waals surface area (Å²) in [4.78, 5) is 12.9. The minimum atomic E-state index is -0.149. The van der Waals surface area contributed by atoms with E-state index in [1.807, 2.05) is 6.07 Å². The molecule has 0 saturated heterocycles. The van der Waals surface area contributed by atoms with E-state index in [2.05, 4.69) is 0 Å². The van der Waals surface area contributed by atoms with E-state index in [-0.39, 0.29) is 12.5 Å². The van der Waals surface area contributed by atoms with E-state index in [1.165, 1.54) is 12.0 Å². The first-order chi connectivity index (χ1) is 8.99. The predicted molar refractivity (Wildman–Crippen MR) is 75.0 cm³/mol. The molecule has 0 aliphatic carbocycles. The largest absolute Gasteiger partial charge is 0.493 e. The molecule has 1 aromatic carbocycles. The SMILES string of the molecule is COc1cc(CCN)cc(Cl)c1OCC(=O)N(C)C. The number of nitrogens with two attached hydrogens (primary N) is 1. The number of likely N-dealkylation sites (N-methyl/N-ethyl adjacent to an activating group) is 1. The summed E-state index contributed by atoms with van der Waals surface area (Å²) in [7, 11) is 4.85. The van der Waals surface area contributed by atoms with Crippen molar-refractivity contribution in [2.75, 3.05) is 34.4 Å². The van der Waals surface area contributed by atoms with Crippen LogP contribution in [0.5, 0.6) is 11.5 Å². The molecule has 0 heterocycles. The summed E-state index contributed by atoms with van der Waals surface area (Å²) in [6.07, 6.45) is 0.701. The monoisotopic (exact) mass is 286 g/mol. The summed E-state index contributed by atoms with van der Waals surface area (Å²) in [5, 5.41) is 0.411. The van der Waals surface area contributed by atoms with Crippen LogP contribution < -0.4 is 15.2 Å². The number of amides is 1. The van der Waals surface area contributed by atoms with Crippen LogP contribution in [0.4, 0.5) is 0 Å². The zero-order valence-electron chi connectivity index (χ0n) is 11.4. The van der Waals surface area contributed by atoms with Crippen molar-refractivity contribution < 1.29 is 14.3 Å². The molecule has 2 N–H and O–H groups in total.